The van der Waals surface area contributed by atoms with Crippen molar-refractivity contribution in [1.82, 2.24) is 0 Å². The fourth-order valence-electron chi connectivity index (χ4n) is 1.93. The molecule has 0 unspecified atom stereocenters. The Morgan fingerprint density at radius 1 is 1.09 bits per heavy atom. The summed E-state index contributed by atoms with van der Waals surface area (Å²) in [7, 11) is 0. The SMILES string of the molecule is Cc1ccc(Cl)cc1NC(=O)COC(=O)c1ccccc1C. The maximum Gasteiger partial charge on any atom is 0.338 e. The van der Waals surface area contributed by atoms with Gasteiger partial charge in [0.1, 0.15) is 0 Å². The van der Waals surface area contributed by atoms with Gasteiger partial charge in [-0.15, -0.1) is 0 Å². The topological polar surface area (TPSA) is 55.4 Å². The number of carbonyl (C=O) groups is 2. The van der Waals surface area contributed by atoms with Crippen LogP contribution in [0.3, 0.4) is 0 Å². The number of rotatable bonds is 4. The Kier molecular flexibility index (Phi) is 5.17. The minimum absolute atomic E-state index is 0.348. The number of ether oxygens (including phenoxy) is 1. The van der Waals surface area contributed by atoms with E-state index in [4.69, 9.17) is 16.3 Å². The van der Waals surface area contributed by atoms with E-state index in [1.807, 2.05) is 26.0 Å². The number of hydrogen-bond donors (Lipinski definition) is 1. The van der Waals surface area contributed by atoms with Crippen LogP contribution in [0.25, 0.3) is 0 Å². The van der Waals surface area contributed by atoms with Gasteiger partial charge in [0, 0.05) is 10.7 Å². The van der Waals surface area contributed by atoms with E-state index in [2.05, 4.69) is 5.32 Å². The van der Waals surface area contributed by atoms with Crippen LogP contribution in [0.5, 0.6) is 0 Å². The second-order valence-corrected chi connectivity index (χ2v) is 5.33. The van der Waals surface area contributed by atoms with E-state index in [0.717, 1.165) is 11.1 Å². The number of anilines is 1. The van der Waals surface area contributed by atoms with Crippen LogP contribution >= 0.6 is 11.6 Å². The molecule has 0 heterocycles. The van der Waals surface area contributed by atoms with Gasteiger partial charge in [0.2, 0.25) is 0 Å². The maximum absolute atomic E-state index is 11.9. The second-order valence-electron chi connectivity index (χ2n) is 4.90. The summed E-state index contributed by atoms with van der Waals surface area (Å²) >= 11 is 5.89. The van der Waals surface area contributed by atoms with Gasteiger partial charge in [-0.1, -0.05) is 35.9 Å². The molecule has 2 aromatic carbocycles. The third kappa shape index (κ3) is 4.09. The first-order chi connectivity index (χ1) is 10.5. The van der Waals surface area contributed by atoms with E-state index in [1.165, 1.54) is 0 Å². The fourth-order valence-corrected chi connectivity index (χ4v) is 2.10. The molecule has 0 radical (unpaired) electrons. The largest absolute Gasteiger partial charge is 0.452 e. The number of hydrogen-bond acceptors (Lipinski definition) is 3. The molecule has 2 aromatic rings. The molecule has 0 aliphatic carbocycles. The van der Waals surface area contributed by atoms with Crippen LogP contribution in [0.1, 0.15) is 21.5 Å². The molecule has 1 amide bonds. The highest BCUT2D eigenvalue weighted by Crippen LogP contribution is 2.20. The number of nitrogens with one attached hydrogen (secondary N) is 1. The van der Waals surface area contributed by atoms with Gasteiger partial charge in [0.25, 0.3) is 5.91 Å². The standard InChI is InChI=1S/C17H16ClNO3/c1-11-5-3-4-6-14(11)17(21)22-10-16(20)19-15-9-13(18)8-7-12(15)2/h3-9H,10H2,1-2H3,(H,19,20). The predicted molar refractivity (Wildman–Crippen MR) is 86.3 cm³/mol. The number of amides is 1. The molecular weight excluding hydrogens is 302 g/mol. The average Bonchev–Trinajstić information content (AvgIpc) is 2.49. The van der Waals surface area contributed by atoms with Crippen molar-refractivity contribution in [2.75, 3.05) is 11.9 Å². The first-order valence-corrected chi connectivity index (χ1v) is 7.14. The number of esters is 1. The van der Waals surface area contributed by atoms with Crippen LogP contribution in [0.15, 0.2) is 42.5 Å². The van der Waals surface area contributed by atoms with Crippen molar-refractivity contribution in [3.8, 4) is 0 Å². The summed E-state index contributed by atoms with van der Waals surface area (Å²) in [6, 6.07) is 12.3. The smallest absolute Gasteiger partial charge is 0.338 e. The molecule has 5 heteroatoms. The highest BCUT2D eigenvalue weighted by Gasteiger charge is 2.12. The summed E-state index contributed by atoms with van der Waals surface area (Å²) < 4.78 is 5.03. The zero-order chi connectivity index (χ0) is 16.1. The molecule has 0 aliphatic heterocycles. The molecule has 22 heavy (non-hydrogen) atoms. The van der Waals surface area contributed by atoms with E-state index in [-0.39, 0.29) is 6.61 Å². The Labute approximate surface area is 134 Å². The Morgan fingerprint density at radius 2 is 1.82 bits per heavy atom. The van der Waals surface area contributed by atoms with Gasteiger partial charge in [-0.2, -0.15) is 0 Å². The highest BCUT2D eigenvalue weighted by atomic mass is 35.5. The molecule has 0 aliphatic rings. The van der Waals surface area contributed by atoms with E-state index >= 15 is 0 Å². The van der Waals surface area contributed by atoms with Crippen molar-refractivity contribution in [3.05, 3.63) is 64.2 Å². The highest BCUT2D eigenvalue weighted by molar-refractivity contribution is 6.31. The molecule has 2 rings (SSSR count). The lowest BCUT2D eigenvalue weighted by Crippen LogP contribution is -2.21. The summed E-state index contributed by atoms with van der Waals surface area (Å²) in [4.78, 5) is 23.8. The second kappa shape index (κ2) is 7.09. The number of aryl methyl sites for hydroxylation is 2. The summed E-state index contributed by atoms with van der Waals surface area (Å²) in [6.07, 6.45) is 0. The van der Waals surface area contributed by atoms with Crippen LogP contribution in [0.4, 0.5) is 5.69 Å². The minimum atomic E-state index is -0.518. The first kappa shape index (κ1) is 16.0. The van der Waals surface area contributed by atoms with E-state index in [0.29, 0.717) is 16.3 Å². The van der Waals surface area contributed by atoms with Crippen molar-refractivity contribution in [3.63, 3.8) is 0 Å². The van der Waals surface area contributed by atoms with Crippen molar-refractivity contribution in [2.24, 2.45) is 0 Å². The van der Waals surface area contributed by atoms with Gasteiger partial charge >= 0.3 is 5.97 Å². The van der Waals surface area contributed by atoms with E-state index in [9.17, 15) is 9.59 Å². The van der Waals surface area contributed by atoms with Crippen molar-refractivity contribution in [2.45, 2.75) is 13.8 Å². The zero-order valence-corrected chi connectivity index (χ0v) is 13.1. The number of carbonyl (C=O) groups excluding carboxylic acids is 2. The molecule has 0 aromatic heterocycles. The summed E-state index contributed by atoms with van der Waals surface area (Å²) in [6.45, 7) is 3.32. The lowest BCUT2D eigenvalue weighted by Gasteiger charge is -2.10. The third-order valence-electron chi connectivity index (χ3n) is 3.17. The number of benzene rings is 2. The first-order valence-electron chi connectivity index (χ1n) is 6.76. The average molecular weight is 318 g/mol. The van der Waals surface area contributed by atoms with Crippen molar-refractivity contribution < 1.29 is 14.3 Å². The Morgan fingerprint density at radius 3 is 2.55 bits per heavy atom. The van der Waals surface area contributed by atoms with Gasteiger partial charge in [-0.25, -0.2) is 4.79 Å². The van der Waals surface area contributed by atoms with Crippen LogP contribution in [0.2, 0.25) is 5.02 Å². The third-order valence-corrected chi connectivity index (χ3v) is 3.41. The summed E-state index contributed by atoms with van der Waals surface area (Å²) in [5.41, 5.74) is 2.74. The normalized spacial score (nSPS) is 10.1. The van der Waals surface area contributed by atoms with Gasteiger partial charge in [-0.05, 0) is 43.2 Å². The summed E-state index contributed by atoms with van der Waals surface area (Å²) in [5.74, 6) is -0.927. The van der Waals surface area contributed by atoms with Gasteiger partial charge in [0.15, 0.2) is 6.61 Å². The molecule has 0 atom stereocenters. The molecule has 0 saturated heterocycles. The molecule has 0 saturated carbocycles. The fraction of sp³-hybridized carbons (Fsp3) is 0.176. The van der Waals surface area contributed by atoms with E-state index in [1.54, 1.807) is 30.3 Å². The van der Waals surface area contributed by atoms with Crippen LogP contribution in [-0.2, 0) is 9.53 Å². The molecule has 0 fully saturated rings. The monoisotopic (exact) mass is 317 g/mol. The molecule has 4 nitrogen and oxygen atoms in total. The Bertz CT molecular complexity index is 713. The van der Waals surface area contributed by atoms with E-state index < -0.39 is 11.9 Å². The van der Waals surface area contributed by atoms with Crippen molar-refractivity contribution >= 4 is 29.2 Å². The Hall–Kier alpha value is -2.33. The molecule has 0 bridgehead atoms. The number of halogens is 1. The predicted octanol–water partition coefficient (Wildman–Crippen LogP) is 3.75. The molecule has 1 N–H and O–H groups in total. The van der Waals surface area contributed by atoms with Crippen LogP contribution in [-0.4, -0.2) is 18.5 Å². The zero-order valence-electron chi connectivity index (χ0n) is 12.4. The lowest BCUT2D eigenvalue weighted by atomic mass is 10.1. The molecule has 0 spiro atoms. The van der Waals surface area contributed by atoms with Gasteiger partial charge in [0.05, 0.1) is 5.56 Å². The maximum atomic E-state index is 11.9. The van der Waals surface area contributed by atoms with Crippen LogP contribution < -0.4 is 5.32 Å². The van der Waals surface area contributed by atoms with Gasteiger partial charge < -0.3 is 10.1 Å². The molecular formula is C17H16ClNO3. The van der Waals surface area contributed by atoms with Crippen molar-refractivity contribution in [1.29, 1.82) is 0 Å². The van der Waals surface area contributed by atoms with Crippen LogP contribution in [0, 0.1) is 13.8 Å². The summed E-state index contributed by atoms with van der Waals surface area (Å²) in [5, 5.41) is 3.20. The lowest BCUT2D eigenvalue weighted by molar-refractivity contribution is -0.119. The quantitative estimate of drug-likeness (QED) is 0.874. The molecule has 114 valence electrons. The minimum Gasteiger partial charge on any atom is -0.452 e. The Balaban J connectivity index is 1.94. The van der Waals surface area contributed by atoms with Gasteiger partial charge in [-0.3, -0.25) is 4.79 Å².